The van der Waals surface area contributed by atoms with Crippen molar-refractivity contribution in [3.05, 3.63) is 71.8 Å². The van der Waals surface area contributed by atoms with Gasteiger partial charge in [0.05, 0.1) is 6.10 Å². The Hall–Kier alpha value is -1.25. The van der Waals surface area contributed by atoms with Crippen molar-refractivity contribution in [3.8, 4) is 0 Å². The van der Waals surface area contributed by atoms with Crippen molar-refractivity contribution < 1.29 is 5.11 Å². The predicted octanol–water partition coefficient (Wildman–Crippen LogP) is 3.78. The lowest BCUT2D eigenvalue weighted by Crippen LogP contribution is -2.01. The first-order valence-electron chi connectivity index (χ1n) is 5.73. The summed E-state index contributed by atoms with van der Waals surface area (Å²) in [4.78, 5) is 0. The minimum absolute atomic E-state index is 0.0615. The second-order valence-electron chi connectivity index (χ2n) is 4.09. The third-order valence-electron chi connectivity index (χ3n) is 2.82. The highest BCUT2D eigenvalue weighted by Crippen LogP contribution is 2.30. The monoisotopic (exact) mass is 244 g/mol. The molecule has 0 aliphatic carbocycles. The van der Waals surface area contributed by atoms with Gasteiger partial charge in [-0.25, -0.2) is 0 Å². The molecule has 0 saturated heterocycles. The van der Waals surface area contributed by atoms with Gasteiger partial charge in [-0.1, -0.05) is 60.7 Å². The topological polar surface area (TPSA) is 20.2 Å². The van der Waals surface area contributed by atoms with E-state index in [1.54, 1.807) is 0 Å². The quantitative estimate of drug-likeness (QED) is 0.784. The fourth-order valence-corrected chi connectivity index (χ4v) is 2.21. The maximum Gasteiger partial charge on any atom is 0.0803 e. The Balaban J connectivity index is 2.02. The average Bonchev–Trinajstić information content (AvgIpc) is 2.40. The molecule has 0 fully saturated rings. The van der Waals surface area contributed by atoms with E-state index in [1.807, 2.05) is 60.7 Å². The zero-order valence-corrected chi connectivity index (χ0v) is 10.4. The highest BCUT2D eigenvalue weighted by molar-refractivity contribution is 7.80. The number of hydrogen-bond donors (Lipinski definition) is 2. The van der Waals surface area contributed by atoms with Crippen molar-refractivity contribution in [1.82, 2.24) is 0 Å². The second-order valence-corrected chi connectivity index (χ2v) is 4.71. The molecule has 1 nitrogen and oxygen atoms in total. The van der Waals surface area contributed by atoms with E-state index in [9.17, 15) is 5.11 Å². The molecule has 2 atom stereocenters. The molecule has 2 aromatic carbocycles. The van der Waals surface area contributed by atoms with Crippen LogP contribution in [-0.4, -0.2) is 5.11 Å². The van der Waals surface area contributed by atoms with Crippen molar-refractivity contribution in [2.24, 2.45) is 0 Å². The number of benzene rings is 2. The molecule has 1 N–H and O–H groups in total. The minimum atomic E-state index is -0.459. The van der Waals surface area contributed by atoms with Crippen LogP contribution < -0.4 is 0 Å². The number of rotatable bonds is 4. The third-order valence-corrected chi connectivity index (χ3v) is 3.32. The van der Waals surface area contributed by atoms with Crippen LogP contribution in [0.4, 0.5) is 0 Å². The van der Waals surface area contributed by atoms with Gasteiger partial charge >= 0.3 is 0 Å². The van der Waals surface area contributed by atoms with Crippen LogP contribution in [0.3, 0.4) is 0 Å². The zero-order valence-electron chi connectivity index (χ0n) is 9.53. The highest BCUT2D eigenvalue weighted by Gasteiger charge is 2.13. The van der Waals surface area contributed by atoms with Crippen molar-refractivity contribution in [3.63, 3.8) is 0 Å². The van der Waals surface area contributed by atoms with Crippen LogP contribution in [0.1, 0.15) is 28.9 Å². The van der Waals surface area contributed by atoms with Gasteiger partial charge in [-0.15, -0.1) is 0 Å². The first-order valence-corrected chi connectivity index (χ1v) is 6.25. The van der Waals surface area contributed by atoms with Crippen LogP contribution in [0.2, 0.25) is 0 Å². The summed E-state index contributed by atoms with van der Waals surface area (Å²) in [7, 11) is 0. The number of thiol groups is 1. The molecule has 0 saturated carbocycles. The van der Waals surface area contributed by atoms with Gasteiger partial charge in [-0.3, -0.25) is 0 Å². The number of hydrogen-bond acceptors (Lipinski definition) is 2. The van der Waals surface area contributed by atoms with E-state index >= 15 is 0 Å². The standard InChI is InChI=1S/C15H16OS/c16-14(12-7-3-1-4-8-12)11-15(17)13-9-5-2-6-10-13/h1-10,14-17H,11H2/t14-,15-/m1/s1. The summed E-state index contributed by atoms with van der Waals surface area (Å²) >= 11 is 4.55. The molecule has 0 aliphatic rings. The lowest BCUT2D eigenvalue weighted by molar-refractivity contribution is 0.167. The SMILES string of the molecule is O[C@H](C[C@@H](S)c1ccccc1)c1ccccc1. The summed E-state index contributed by atoms with van der Waals surface area (Å²) in [6.07, 6.45) is 0.163. The van der Waals surface area contributed by atoms with Gasteiger partial charge in [-0.05, 0) is 17.5 Å². The van der Waals surface area contributed by atoms with E-state index in [2.05, 4.69) is 12.6 Å². The maximum absolute atomic E-state index is 10.1. The van der Waals surface area contributed by atoms with Gasteiger partial charge in [0.25, 0.3) is 0 Å². The predicted molar refractivity (Wildman–Crippen MR) is 74.2 cm³/mol. The molecule has 0 heterocycles. The van der Waals surface area contributed by atoms with Crippen LogP contribution in [0.25, 0.3) is 0 Å². The van der Waals surface area contributed by atoms with Crippen LogP contribution in [0.5, 0.6) is 0 Å². The lowest BCUT2D eigenvalue weighted by Gasteiger charge is -2.16. The molecule has 17 heavy (non-hydrogen) atoms. The largest absolute Gasteiger partial charge is 0.388 e. The van der Waals surface area contributed by atoms with Gasteiger partial charge in [0.15, 0.2) is 0 Å². The molecular weight excluding hydrogens is 228 g/mol. The smallest absolute Gasteiger partial charge is 0.0803 e. The summed E-state index contributed by atoms with van der Waals surface area (Å²) in [5.74, 6) is 0. The third kappa shape index (κ3) is 3.35. The Labute approximate surface area is 108 Å². The van der Waals surface area contributed by atoms with E-state index in [0.717, 1.165) is 11.1 Å². The molecule has 0 aliphatic heterocycles. The van der Waals surface area contributed by atoms with Crippen molar-refractivity contribution in [2.75, 3.05) is 0 Å². The van der Waals surface area contributed by atoms with Gasteiger partial charge in [0, 0.05) is 5.25 Å². The molecule has 88 valence electrons. The van der Waals surface area contributed by atoms with E-state index in [0.29, 0.717) is 6.42 Å². The lowest BCUT2D eigenvalue weighted by atomic mass is 10.0. The fourth-order valence-electron chi connectivity index (χ4n) is 1.83. The average molecular weight is 244 g/mol. The minimum Gasteiger partial charge on any atom is -0.388 e. The van der Waals surface area contributed by atoms with E-state index < -0.39 is 6.10 Å². The maximum atomic E-state index is 10.1. The van der Waals surface area contributed by atoms with Crippen LogP contribution >= 0.6 is 12.6 Å². The first-order chi connectivity index (χ1) is 8.27. The second kappa shape index (κ2) is 5.89. The Morgan fingerprint density at radius 2 is 1.29 bits per heavy atom. The molecule has 0 unspecified atom stereocenters. The molecule has 0 amide bonds. The Morgan fingerprint density at radius 3 is 1.82 bits per heavy atom. The van der Waals surface area contributed by atoms with Gasteiger partial charge in [0.2, 0.25) is 0 Å². The van der Waals surface area contributed by atoms with Crippen LogP contribution in [-0.2, 0) is 0 Å². The summed E-state index contributed by atoms with van der Waals surface area (Å²) in [6, 6.07) is 19.8. The Bertz CT molecular complexity index is 397. The highest BCUT2D eigenvalue weighted by atomic mass is 32.1. The van der Waals surface area contributed by atoms with Gasteiger partial charge in [-0.2, -0.15) is 12.6 Å². The normalized spacial score (nSPS) is 14.2. The van der Waals surface area contributed by atoms with E-state index in [4.69, 9.17) is 0 Å². The molecule has 0 spiro atoms. The van der Waals surface area contributed by atoms with Crippen LogP contribution in [0.15, 0.2) is 60.7 Å². The van der Waals surface area contributed by atoms with E-state index in [-0.39, 0.29) is 5.25 Å². The first kappa shape index (κ1) is 12.2. The van der Waals surface area contributed by atoms with Crippen molar-refractivity contribution >= 4 is 12.6 Å². The summed E-state index contributed by atoms with van der Waals surface area (Å²) in [6.45, 7) is 0. The molecule has 2 aromatic rings. The molecule has 0 aromatic heterocycles. The molecule has 0 radical (unpaired) electrons. The van der Waals surface area contributed by atoms with Crippen LogP contribution in [0, 0.1) is 0 Å². The number of aliphatic hydroxyl groups excluding tert-OH is 1. The molecule has 2 heteroatoms. The molecule has 2 rings (SSSR count). The number of aliphatic hydroxyl groups is 1. The summed E-state index contributed by atoms with van der Waals surface area (Å²) in [5, 5.41) is 10.2. The van der Waals surface area contributed by atoms with Gasteiger partial charge in [0.1, 0.15) is 0 Å². The summed E-state index contributed by atoms with van der Waals surface area (Å²) in [5.41, 5.74) is 2.09. The Morgan fingerprint density at radius 1 is 0.824 bits per heavy atom. The summed E-state index contributed by atoms with van der Waals surface area (Å²) < 4.78 is 0. The van der Waals surface area contributed by atoms with E-state index in [1.165, 1.54) is 0 Å². The van der Waals surface area contributed by atoms with Crippen molar-refractivity contribution in [1.29, 1.82) is 0 Å². The molecular formula is C15H16OS. The zero-order chi connectivity index (χ0) is 12.1. The molecule has 0 bridgehead atoms. The van der Waals surface area contributed by atoms with Gasteiger partial charge < -0.3 is 5.11 Å². The van der Waals surface area contributed by atoms with Crippen molar-refractivity contribution in [2.45, 2.75) is 17.8 Å². The fraction of sp³-hybridized carbons (Fsp3) is 0.200. The Kier molecular flexibility index (Phi) is 4.24.